The smallest absolute Gasteiger partial charge is 0.416 e. The quantitative estimate of drug-likeness (QED) is 0.382. The summed E-state index contributed by atoms with van der Waals surface area (Å²) < 4.78 is 49.4. The maximum absolute atomic E-state index is 12.7. The molecule has 3 aromatic heterocycles. The molecule has 172 valence electrons. The molecule has 0 unspecified atom stereocenters. The van der Waals surface area contributed by atoms with E-state index in [9.17, 15) is 22.8 Å². The number of carbonyl (C=O) groups is 1. The van der Waals surface area contributed by atoms with Crippen molar-refractivity contribution >= 4 is 27.5 Å². The standard InChI is InChI=1S/C21H17F3N4O4S/c1-11-12(2)33-19-17(11)20(30)28(10-25-19)8-7-16(29)31-9-15-26-18(27-32-15)13-3-5-14(6-4-13)21(22,23)24/h3-6,10H,7-9H2,1-2H3. The van der Waals surface area contributed by atoms with Crippen LogP contribution in [-0.4, -0.2) is 25.7 Å². The van der Waals surface area contributed by atoms with Crippen molar-refractivity contribution in [3.8, 4) is 11.4 Å². The van der Waals surface area contributed by atoms with Crippen LogP contribution in [-0.2, 0) is 28.9 Å². The largest absolute Gasteiger partial charge is 0.456 e. The van der Waals surface area contributed by atoms with Gasteiger partial charge in [-0.15, -0.1) is 11.3 Å². The van der Waals surface area contributed by atoms with Crippen LogP contribution in [0.5, 0.6) is 0 Å². The second kappa shape index (κ2) is 8.77. The number of halogens is 3. The fourth-order valence-corrected chi connectivity index (χ4v) is 4.08. The predicted octanol–water partition coefficient (Wildman–Crippen LogP) is 4.28. The normalized spacial score (nSPS) is 11.8. The second-order valence-electron chi connectivity index (χ2n) is 7.20. The Kier molecular flexibility index (Phi) is 6.02. The van der Waals surface area contributed by atoms with Gasteiger partial charge in [-0.1, -0.05) is 17.3 Å². The highest BCUT2D eigenvalue weighted by molar-refractivity contribution is 7.18. The number of benzene rings is 1. The number of nitrogens with zero attached hydrogens (tertiary/aromatic N) is 4. The van der Waals surface area contributed by atoms with E-state index >= 15 is 0 Å². The minimum absolute atomic E-state index is 0.0112. The minimum Gasteiger partial charge on any atom is -0.456 e. The lowest BCUT2D eigenvalue weighted by Crippen LogP contribution is -2.22. The highest BCUT2D eigenvalue weighted by atomic mass is 32.1. The van der Waals surface area contributed by atoms with E-state index in [0.29, 0.717) is 15.8 Å². The van der Waals surface area contributed by atoms with Crippen molar-refractivity contribution in [3.05, 3.63) is 62.8 Å². The fraction of sp³-hybridized carbons (Fsp3) is 0.286. The lowest BCUT2D eigenvalue weighted by Gasteiger charge is -2.06. The van der Waals surface area contributed by atoms with E-state index in [1.54, 1.807) is 0 Å². The van der Waals surface area contributed by atoms with Crippen molar-refractivity contribution in [3.63, 3.8) is 0 Å². The van der Waals surface area contributed by atoms with Gasteiger partial charge >= 0.3 is 12.1 Å². The number of thiophene rings is 1. The summed E-state index contributed by atoms with van der Waals surface area (Å²) >= 11 is 1.44. The van der Waals surface area contributed by atoms with E-state index < -0.39 is 17.7 Å². The van der Waals surface area contributed by atoms with Gasteiger partial charge in [0.1, 0.15) is 4.83 Å². The van der Waals surface area contributed by atoms with E-state index in [1.807, 2.05) is 13.8 Å². The van der Waals surface area contributed by atoms with Crippen LogP contribution in [0.1, 0.15) is 28.3 Å². The van der Waals surface area contributed by atoms with Crippen molar-refractivity contribution < 1.29 is 27.2 Å². The summed E-state index contributed by atoms with van der Waals surface area (Å²) in [7, 11) is 0. The lowest BCUT2D eigenvalue weighted by atomic mass is 10.1. The Morgan fingerprint density at radius 3 is 2.64 bits per heavy atom. The number of carbonyl (C=O) groups excluding carboxylic acids is 1. The Bertz CT molecular complexity index is 1370. The molecule has 0 saturated carbocycles. The van der Waals surface area contributed by atoms with Crippen molar-refractivity contribution in [1.29, 1.82) is 0 Å². The second-order valence-corrected chi connectivity index (χ2v) is 8.41. The van der Waals surface area contributed by atoms with Crippen molar-refractivity contribution in [2.75, 3.05) is 0 Å². The SMILES string of the molecule is Cc1sc2ncn(CCC(=O)OCc3nc(-c4ccc(C(F)(F)F)cc4)no3)c(=O)c2c1C. The van der Waals surface area contributed by atoms with Gasteiger partial charge in [0.2, 0.25) is 5.82 Å². The molecule has 0 atom stereocenters. The molecule has 0 fully saturated rings. The monoisotopic (exact) mass is 478 g/mol. The third kappa shape index (κ3) is 4.80. The van der Waals surface area contributed by atoms with Crippen LogP contribution in [0, 0.1) is 13.8 Å². The molecule has 4 rings (SSSR count). The topological polar surface area (TPSA) is 100 Å². The number of alkyl halides is 3. The predicted molar refractivity (Wildman–Crippen MR) is 113 cm³/mol. The van der Waals surface area contributed by atoms with E-state index in [2.05, 4.69) is 15.1 Å². The minimum atomic E-state index is -4.44. The van der Waals surface area contributed by atoms with E-state index in [1.165, 1.54) is 34.4 Å². The zero-order valence-corrected chi connectivity index (χ0v) is 18.3. The molecule has 0 amide bonds. The molecule has 4 aromatic rings. The summed E-state index contributed by atoms with van der Waals surface area (Å²) in [4.78, 5) is 34.7. The van der Waals surface area contributed by atoms with Gasteiger partial charge in [0.05, 0.1) is 23.7 Å². The number of esters is 1. The Balaban J connectivity index is 1.34. The molecular weight excluding hydrogens is 461 g/mol. The number of fused-ring (bicyclic) bond motifs is 1. The van der Waals surface area contributed by atoms with Gasteiger partial charge in [-0.05, 0) is 31.5 Å². The maximum Gasteiger partial charge on any atom is 0.416 e. The Labute approximate surface area is 188 Å². The molecule has 8 nitrogen and oxygen atoms in total. The van der Waals surface area contributed by atoms with E-state index in [0.717, 1.165) is 22.6 Å². The van der Waals surface area contributed by atoms with Crippen molar-refractivity contribution in [2.24, 2.45) is 0 Å². The van der Waals surface area contributed by atoms with Gasteiger partial charge < -0.3 is 9.26 Å². The third-order valence-electron chi connectivity index (χ3n) is 5.01. The average molecular weight is 478 g/mol. The van der Waals surface area contributed by atoms with Gasteiger partial charge in [0.15, 0.2) is 6.61 Å². The van der Waals surface area contributed by atoms with E-state index in [4.69, 9.17) is 9.26 Å². The third-order valence-corrected chi connectivity index (χ3v) is 6.12. The van der Waals surface area contributed by atoms with Crippen molar-refractivity contribution in [2.45, 2.75) is 39.6 Å². The van der Waals surface area contributed by atoms with Gasteiger partial charge in [0, 0.05) is 17.0 Å². The zero-order valence-electron chi connectivity index (χ0n) is 17.5. The molecule has 0 aliphatic carbocycles. The first-order chi connectivity index (χ1) is 15.6. The molecular formula is C21H17F3N4O4S. The number of ether oxygens (including phenoxy) is 1. The summed E-state index contributed by atoms with van der Waals surface area (Å²) in [5, 5.41) is 4.24. The summed E-state index contributed by atoms with van der Waals surface area (Å²) in [6, 6.07) is 4.28. The van der Waals surface area contributed by atoms with Crippen LogP contribution in [0.25, 0.3) is 21.6 Å². The molecule has 0 spiro atoms. The number of rotatable bonds is 6. The molecule has 0 bridgehead atoms. The summed E-state index contributed by atoms with van der Waals surface area (Å²) in [5.74, 6) is -0.528. The highest BCUT2D eigenvalue weighted by Crippen LogP contribution is 2.30. The Hall–Kier alpha value is -3.54. The molecule has 3 heterocycles. The number of aryl methyl sites for hydroxylation is 3. The zero-order chi connectivity index (χ0) is 23.8. The Morgan fingerprint density at radius 1 is 1.21 bits per heavy atom. The fourth-order valence-electron chi connectivity index (χ4n) is 3.09. The lowest BCUT2D eigenvalue weighted by molar-refractivity contribution is -0.146. The van der Waals surface area contributed by atoms with E-state index in [-0.39, 0.29) is 36.8 Å². The molecule has 0 aliphatic heterocycles. The molecule has 0 N–H and O–H groups in total. The first kappa shape index (κ1) is 22.6. The molecule has 1 aromatic carbocycles. The summed E-state index contributed by atoms with van der Waals surface area (Å²) in [5.41, 5.74) is 0.199. The molecule has 12 heteroatoms. The molecule has 0 aliphatic rings. The van der Waals surface area contributed by atoms with Crippen LogP contribution in [0.3, 0.4) is 0 Å². The van der Waals surface area contributed by atoms with Gasteiger partial charge in [-0.2, -0.15) is 18.2 Å². The number of hydrogen-bond donors (Lipinski definition) is 0. The first-order valence-corrected chi connectivity index (χ1v) is 10.6. The van der Waals surface area contributed by atoms with Crippen LogP contribution >= 0.6 is 11.3 Å². The molecule has 0 radical (unpaired) electrons. The molecule has 33 heavy (non-hydrogen) atoms. The summed E-state index contributed by atoms with van der Waals surface area (Å²) in [6.07, 6.45) is -3.11. The van der Waals surface area contributed by atoms with Crippen LogP contribution < -0.4 is 5.56 Å². The van der Waals surface area contributed by atoms with Crippen LogP contribution in [0.4, 0.5) is 13.2 Å². The molecule has 0 saturated heterocycles. The first-order valence-electron chi connectivity index (χ1n) is 9.74. The maximum atomic E-state index is 12.7. The average Bonchev–Trinajstić information content (AvgIpc) is 3.36. The summed E-state index contributed by atoms with van der Waals surface area (Å²) in [6.45, 7) is 3.57. The van der Waals surface area contributed by atoms with Crippen LogP contribution in [0.2, 0.25) is 0 Å². The number of aromatic nitrogens is 4. The number of hydrogen-bond acceptors (Lipinski definition) is 8. The van der Waals surface area contributed by atoms with Gasteiger partial charge in [0.25, 0.3) is 11.4 Å². The Morgan fingerprint density at radius 2 is 1.94 bits per heavy atom. The van der Waals surface area contributed by atoms with Crippen LogP contribution in [0.15, 0.2) is 39.9 Å². The van der Waals surface area contributed by atoms with Crippen molar-refractivity contribution in [1.82, 2.24) is 19.7 Å². The van der Waals surface area contributed by atoms with Gasteiger partial charge in [-0.25, -0.2) is 4.98 Å². The highest BCUT2D eigenvalue weighted by Gasteiger charge is 2.30. The van der Waals surface area contributed by atoms with Gasteiger partial charge in [-0.3, -0.25) is 14.2 Å².